The number of amides is 2. The highest BCUT2D eigenvalue weighted by Gasteiger charge is 2.34. The average Bonchev–Trinajstić information content (AvgIpc) is 3.36. The van der Waals surface area contributed by atoms with Crippen molar-refractivity contribution in [1.29, 1.82) is 0 Å². The molecule has 3 aromatic rings. The number of rotatable bonds is 7. The van der Waals surface area contributed by atoms with Gasteiger partial charge < -0.3 is 10.2 Å². The lowest BCUT2D eigenvalue weighted by Gasteiger charge is -2.33. The van der Waals surface area contributed by atoms with Crippen molar-refractivity contribution in [3.8, 4) is 0 Å². The molecule has 0 unspecified atom stereocenters. The summed E-state index contributed by atoms with van der Waals surface area (Å²) in [6, 6.07) is 17.0. The number of nitrogens with one attached hydrogen (secondary N) is 1. The lowest BCUT2D eigenvalue weighted by atomic mass is 9.94. The second kappa shape index (κ2) is 10.5. The van der Waals surface area contributed by atoms with Crippen LogP contribution in [0.15, 0.2) is 60.0 Å². The van der Waals surface area contributed by atoms with E-state index in [1.54, 1.807) is 10.3 Å². The summed E-state index contributed by atoms with van der Waals surface area (Å²) in [5.41, 5.74) is 3.10. The molecule has 32 heavy (non-hydrogen) atoms. The van der Waals surface area contributed by atoms with Gasteiger partial charge in [0.1, 0.15) is 6.04 Å². The molecule has 2 amide bonds. The first kappa shape index (κ1) is 22.1. The molecule has 1 N–H and O–H groups in total. The van der Waals surface area contributed by atoms with Crippen LogP contribution in [0.25, 0.3) is 0 Å². The zero-order chi connectivity index (χ0) is 22.3. The molecule has 1 fully saturated rings. The van der Waals surface area contributed by atoms with Crippen molar-refractivity contribution in [2.45, 2.75) is 57.7 Å². The molecular formula is C25H28N4O2S. The number of nitrogens with zero attached hydrogens (tertiary/aromatic N) is 3. The Hall–Kier alpha value is -3.06. The van der Waals surface area contributed by atoms with Gasteiger partial charge in [0.05, 0.1) is 0 Å². The SMILES string of the molecule is Cc1ccc([C@@H](C(=O)NC2CCCCC2)N(Cc2ccccc2)C(=O)c2csnn2)cc1. The molecular weight excluding hydrogens is 420 g/mol. The third kappa shape index (κ3) is 5.40. The Kier molecular flexibility index (Phi) is 7.27. The minimum absolute atomic E-state index is 0.145. The van der Waals surface area contributed by atoms with E-state index in [-0.39, 0.29) is 23.6 Å². The lowest BCUT2D eigenvalue weighted by Crippen LogP contribution is -2.47. The highest BCUT2D eigenvalue weighted by Crippen LogP contribution is 2.27. The Balaban J connectivity index is 1.71. The number of aromatic nitrogens is 2. The van der Waals surface area contributed by atoms with Crippen LogP contribution in [0, 0.1) is 6.92 Å². The van der Waals surface area contributed by atoms with Crippen LogP contribution in [0.3, 0.4) is 0 Å². The van der Waals surface area contributed by atoms with Gasteiger partial charge in [-0.15, -0.1) is 5.10 Å². The molecule has 1 atom stereocenters. The molecule has 1 saturated carbocycles. The van der Waals surface area contributed by atoms with Crippen molar-refractivity contribution >= 4 is 23.3 Å². The number of hydrogen-bond acceptors (Lipinski definition) is 5. The maximum absolute atomic E-state index is 13.7. The van der Waals surface area contributed by atoms with Gasteiger partial charge in [-0.05, 0) is 42.4 Å². The van der Waals surface area contributed by atoms with E-state index in [4.69, 9.17) is 0 Å². The molecule has 1 aromatic heterocycles. The standard InChI is InChI=1S/C25H28N4O2S/c1-18-12-14-20(15-13-18)23(24(30)26-21-10-6-3-7-11-21)29(16-19-8-4-2-5-9-19)25(31)22-17-32-28-27-22/h2,4-5,8-9,12-15,17,21,23H,3,6-7,10-11,16H2,1H3,(H,26,30)/t23-/m0/s1. The van der Waals surface area contributed by atoms with Gasteiger partial charge in [-0.3, -0.25) is 9.59 Å². The third-order valence-electron chi connectivity index (χ3n) is 5.94. The fraction of sp³-hybridized carbons (Fsp3) is 0.360. The van der Waals surface area contributed by atoms with Gasteiger partial charge in [-0.2, -0.15) is 0 Å². The van der Waals surface area contributed by atoms with Gasteiger partial charge in [0.15, 0.2) is 5.69 Å². The molecule has 0 aliphatic heterocycles. The summed E-state index contributed by atoms with van der Waals surface area (Å²) >= 11 is 1.13. The summed E-state index contributed by atoms with van der Waals surface area (Å²) in [6.07, 6.45) is 5.42. The largest absolute Gasteiger partial charge is 0.351 e. The van der Waals surface area contributed by atoms with Gasteiger partial charge >= 0.3 is 0 Å². The highest BCUT2D eigenvalue weighted by atomic mass is 32.1. The fourth-order valence-corrected chi connectivity index (χ4v) is 4.64. The van der Waals surface area contributed by atoms with E-state index in [0.717, 1.165) is 53.9 Å². The monoisotopic (exact) mass is 448 g/mol. The van der Waals surface area contributed by atoms with Crippen molar-refractivity contribution in [3.63, 3.8) is 0 Å². The average molecular weight is 449 g/mol. The van der Waals surface area contributed by atoms with Crippen LogP contribution in [0.2, 0.25) is 0 Å². The minimum atomic E-state index is -0.757. The predicted molar refractivity (Wildman–Crippen MR) is 125 cm³/mol. The van der Waals surface area contributed by atoms with Crippen molar-refractivity contribution in [2.24, 2.45) is 0 Å². The summed E-state index contributed by atoms with van der Waals surface area (Å²) in [6.45, 7) is 2.31. The van der Waals surface area contributed by atoms with Gasteiger partial charge in [-0.1, -0.05) is 83.9 Å². The Labute approximate surface area is 192 Å². The number of carbonyl (C=O) groups is 2. The van der Waals surface area contributed by atoms with E-state index in [2.05, 4.69) is 14.9 Å². The molecule has 2 aromatic carbocycles. The second-order valence-corrected chi connectivity index (χ2v) is 8.98. The van der Waals surface area contributed by atoms with Crippen molar-refractivity contribution in [1.82, 2.24) is 19.8 Å². The quantitative estimate of drug-likeness (QED) is 0.569. The molecule has 7 heteroatoms. The zero-order valence-electron chi connectivity index (χ0n) is 18.2. The topological polar surface area (TPSA) is 75.2 Å². The van der Waals surface area contributed by atoms with Crippen LogP contribution in [0.1, 0.15) is 65.3 Å². The number of carbonyl (C=O) groups excluding carboxylic acids is 2. The summed E-state index contributed by atoms with van der Waals surface area (Å²) in [4.78, 5) is 28.8. The summed E-state index contributed by atoms with van der Waals surface area (Å²) < 4.78 is 3.86. The number of hydrogen-bond donors (Lipinski definition) is 1. The fourth-order valence-electron chi connectivity index (χ4n) is 4.21. The van der Waals surface area contributed by atoms with Crippen molar-refractivity contribution in [2.75, 3.05) is 0 Å². The van der Waals surface area contributed by atoms with Crippen molar-refractivity contribution in [3.05, 3.63) is 82.4 Å². The number of aryl methyl sites for hydroxylation is 1. The molecule has 0 spiro atoms. The second-order valence-electron chi connectivity index (χ2n) is 8.37. The molecule has 1 aliphatic carbocycles. The summed E-state index contributed by atoms with van der Waals surface area (Å²) in [7, 11) is 0. The molecule has 166 valence electrons. The number of benzene rings is 2. The van der Waals surface area contributed by atoms with Gasteiger partial charge in [0, 0.05) is 18.0 Å². The first-order valence-corrected chi connectivity index (χ1v) is 11.9. The van der Waals surface area contributed by atoms with E-state index < -0.39 is 6.04 Å². The Morgan fingerprint density at radius 2 is 1.78 bits per heavy atom. The molecule has 0 radical (unpaired) electrons. The van der Waals surface area contributed by atoms with Crippen LogP contribution < -0.4 is 5.32 Å². The maximum Gasteiger partial charge on any atom is 0.276 e. The molecule has 0 bridgehead atoms. The van der Waals surface area contributed by atoms with E-state index in [9.17, 15) is 9.59 Å². The Morgan fingerprint density at radius 3 is 2.44 bits per heavy atom. The van der Waals surface area contributed by atoms with Gasteiger partial charge in [0.2, 0.25) is 5.91 Å². The van der Waals surface area contributed by atoms with E-state index in [0.29, 0.717) is 6.54 Å². The van der Waals surface area contributed by atoms with Crippen molar-refractivity contribution < 1.29 is 9.59 Å². The van der Waals surface area contributed by atoms with Gasteiger partial charge in [0.25, 0.3) is 5.91 Å². The zero-order valence-corrected chi connectivity index (χ0v) is 19.1. The Bertz CT molecular complexity index is 1020. The normalized spacial score (nSPS) is 15.2. The van der Waals surface area contributed by atoms with E-state index in [1.807, 2.05) is 61.5 Å². The summed E-state index contributed by atoms with van der Waals surface area (Å²) in [5, 5.41) is 8.85. The Morgan fingerprint density at radius 1 is 1.06 bits per heavy atom. The maximum atomic E-state index is 13.7. The first-order chi connectivity index (χ1) is 15.6. The molecule has 6 nitrogen and oxygen atoms in total. The lowest BCUT2D eigenvalue weighted by molar-refractivity contribution is -0.127. The van der Waals surface area contributed by atoms with Gasteiger partial charge in [-0.25, -0.2) is 0 Å². The molecule has 1 aliphatic rings. The molecule has 4 rings (SSSR count). The molecule has 1 heterocycles. The summed E-state index contributed by atoms with van der Waals surface area (Å²) in [5.74, 6) is -0.444. The highest BCUT2D eigenvalue weighted by molar-refractivity contribution is 7.03. The predicted octanol–water partition coefficient (Wildman–Crippen LogP) is 4.68. The van der Waals surface area contributed by atoms with Crippen LogP contribution in [-0.2, 0) is 11.3 Å². The molecule has 0 saturated heterocycles. The van der Waals surface area contributed by atoms with E-state index >= 15 is 0 Å². The van der Waals surface area contributed by atoms with Crippen LogP contribution in [0.4, 0.5) is 0 Å². The van der Waals surface area contributed by atoms with Crippen LogP contribution >= 0.6 is 11.5 Å². The third-order valence-corrected chi connectivity index (χ3v) is 6.45. The van der Waals surface area contributed by atoms with Crippen LogP contribution in [0.5, 0.6) is 0 Å². The smallest absolute Gasteiger partial charge is 0.276 e. The van der Waals surface area contributed by atoms with E-state index in [1.165, 1.54) is 6.42 Å². The minimum Gasteiger partial charge on any atom is -0.351 e. The first-order valence-electron chi connectivity index (χ1n) is 11.1. The van der Waals surface area contributed by atoms with Crippen LogP contribution in [-0.4, -0.2) is 32.3 Å².